The number of nitrogens with one attached hydrogen (secondary N) is 2. The molecule has 1 saturated heterocycles. The van der Waals surface area contributed by atoms with Crippen molar-refractivity contribution in [1.82, 2.24) is 25.4 Å². The topological polar surface area (TPSA) is 73.9 Å². The predicted octanol–water partition coefficient (Wildman–Crippen LogP) is -0.0948. The van der Waals surface area contributed by atoms with Crippen molar-refractivity contribution in [1.29, 1.82) is 0 Å². The fourth-order valence-electron chi connectivity index (χ4n) is 1.94. The number of hydrogen-bond acceptors (Lipinski definition) is 4. The van der Waals surface area contributed by atoms with E-state index >= 15 is 0 Å². The van der Waals surface area contributed by atoms with Crippen LogP contribution in [-0.4, -0.2) is 45.6 Å². The van der Waals surface area contributed by atoms with Crippen molar-refractivity contribution < 1.29 is 4.79 Å². The number of piperidine rings is 1. The smallest absolute Gasteiger partial charge is 0.239 e. The molecule has 0 unspecified atom stereocenters. The molecule has 6 heteroatoms. The van der Waals surface area contributed by atoms with Crippen molar-refractivity contribution in [2.24, 2.45) is 0 Å². The lowest BCUT2D eigenvalue weighted by atomic mass is 10.0. The predicted molar refractivity (Wildman–Crippen MR) is 58.5 cm³/mol. The van der Waals surface area contributed by atoms with Crippen molar-refractivity contribution in [3.05, 3.63) is 12.2 Å². The Hall–Kier alpha value is -1.43. The Kier molecular flexibility index (Phi) is 3.51. The van der Waals surface area contributed by atoms with Crippen molar-refractivity contribution in [3.8, 4) is 0 Å². The van der Waals surface area contributed by atoms with Crippen molar-refractivity contribution in [2.45, 2.75) is 31.8 Å². The molecule has 1 fully saturated rings. The molecule has 1 aliphatic heterocycles. The molecule has 0 saturated carbocycles. The molecule has 1 atom stereocenters. The SMILES string of the molecule is CN(Cc1ncn[nH]1)C(=O)[C@H]1CCCCN1. The van der Waals surface area contributed by atoms with Gasteiger partial charge < -0.3 is 10.2 Å². The van der Waals surface area contributed by atoms with Crippen LogP contribution in [0.25, 0.3) is 0 Å². The van der Waals surface area contributed by atoms with E-state index < -0.39 is 0 Å². The number of carbonyl (C=O) groups excluding carboxylic acids is 1. The molecular formula is C10H17N5O. The van der Waals surface area contributed by atoms with Crippen LogP contribution in [0.15, 0.2) is 6.33 Å². The van der Waals surface area contributed by atoms with E-state index in [1.807, 2.05) is 0 Å². The summed E-state index contributed by atoms with van der Waals surface area (Å²) in [6, 6.07) is -0.0262. The average molecular weight is 223 g/mol. The van der Waals surface area contributed by atoms with E-state index in [0.717, 1.165) is 25.8 Å². The minimum Gasteiger partial charge on any atom is -0.337 e. The Morgan fingerprint density at radius 1 is 1.62 bits per heavy atom. The van der Waals surface area contributed by atoms with Gasteiger partial charge in [-0.05, 0) is 19.4 Å². The zero-order valence-electron chi connectivity index (χ0n) is 9.44. The molecule has 1 aromatic rings. The lowest BCUT2D eigenvalue weighted by molar-refractivity contribution is -0.133. The summed E-state index contributed by atoms with van der Waals surface area (Å²) in [6.07, 6.45) is 4.67. The lowest BCUT2D eigenvalue weighted by Gasteiger charge is -2.26. The summed E-state index contributed by atoms with van der Waals surface area (Å²) in [6.45, 7) is 1.42. The zero-order valence-corrected chi connectivity index (χ0v) is 9.44. The highest BCUT2D eigenvalue weighted by atomic mass is 16.2. The van der Waals surface area contributed by atoms with Gasteiger partial charge in [0.1, 0.15) is 12.2 Å². The Bertz CT molecular complexity index is 331. The largest absolute Gasteiger partial charge is 0.337 e. The number of aromatic nitrogens is 3. The third-order valence-corrected chi connectivity index (χ3v) is 2.84. The van der Waals surface area contributed by atoms with Gasteiger partial charge in [-0.1, -0.05) is 6.42 Å². The highest BCUT2D eigenvalue weighted by Crippen LogP contribution is 2.10. The van der Waals surface area contributed by atoms with E-state index in [2.05, 4.69) is 20.5 Å². The summed E-state index contributed by atoms with van der Waals surface area (Å²) in [5.74, 6) is 0.850. The maximum atomic E-state index is 12.0. The fraction of sp³-hybridized carbons (Fsp3) is 0.700. The van der Waals surface area contributed by atoms with Gasteiger partial charge in [-0.15, -0.1) is 0 Å². The van der Waals surface area contributed by atoms with Crippen molar-refractivity contribution in [3.63, 3.8) is 0 Å². The van der Waals surface area contributed by atoms with Gasteiger partial charge in [0, 0.05) is 7.05 Å². The molecule has 1 aliphatic rings. The fourth-order valence-corrected chi connectivity index (χ4v) is 1.94. The van der Waals surface area contributed by atoms with E-state index in [0.29, 0.717) is 12.4 Å². The minimum absolute atomic E-state index is 0.0262. The molecule has 2 rings (SSSR count). The van der Waals surface area contributed by atoms with E-state index in [4.69, 9.17) is 0 Å². The number of aromatic amines is 1. The van der Waals surface area contributed by atoms with Crippen LogP contribution in [-0.2, 0) is 11.3 Å². The zero-order chi connectivity index (χ0) is 11.4. The van der Waals surface area contributed by atoms with Crippen LogP contribution >= 0.6 is 0 Å². The first kappa shape index (κ1) is 11.1. The summed E-state index contributed by atoms with van der Waals surface area (Å²) >= 11 is 0. The van der Waals surface area contributed by atoms with Gasteiger partial charge in [-0.2, -0.15) is 5.10 Å². The van der Waals surface area contributed by atoms with Crippen LogP contribution in [0.5, 0.6) is 0 Å². The molecule has 0 aliphatic carbocycles. The van der Waals surface area contributed by atoms with Crippen LogP contribution in [0.4, 0.5) is 0 Å². The Morgan fingerprint density at radius 2 is 2.50 bits per heavy atom. The second kappa shape index (κ2) is 5.07. The van der Waals surface area contributed by atoms with Gasteiger partial charge in [0.2, 0.25) is 5.91 Å². The highest BCUT2D eigenvalue weighted by molar-refractivity contribution is 5.81. The third kappa shape index (κ3) is 2.57. The second-order valence-corrected chi connectivity index (χ2v) is 4.13. The minimum atomic E-state index is -0.0262. The van der Waals surface area contributed by atoms with E-state index in [9.17, 15) is 4.79 Å². The maximum Gasteiger partial charge on any atom is 0.239 e. The standard InChI is InChI=1S/C10H17N5O/c1-15(6-9-12-7-13-14-9)10(16)8-4-2-3-5-11-8/h7-8,11H,2-6H2,1H3,(H,12,13,14)/t8-/m1/s1. The summed E-state index contributed by atoms with van der Waals surface area (Å²) < 4.78 is 0. The molecule has 88 valence electrons. The molecule has 16 heavy (non-hydrogen) atoms. The van der Waals surface area contributed by atoms with Crippen LogP contribution in [0.1, 0.15) is 25.1 Å². The van der Waals surface area contributed by atoms with Gasteiger partial charge in [0.15, 0.2) is 0 Å². The number of amides is 1. The number of carbonyl (C=O) groups is 1. The first-order valence-corrected chi connectivity index (χ1v) is 5.60. The van der Waals surface area contributed by atoms with E-state index in [1.54, 1.807) is 11.9 Å². The Labute approximate surface area is 94.4 Å². The normalized spacial score (nSPS) is 20.7. The Balaban J connectivity index is 1.88. The molecule has 2 N–H and O–H groups in total. The quantitative estimate of drug-likeness (QED) is 0.750. The average Bonchev–Trinajstić information content (AvgIpc) is 2.82. The maximum absolute atomic E-state index is 12.0. The van der Waals surface area contributed by atoms with E-state index in [1.165, 1.54) is 6.33 Å². The summed E-state index contributed by atoms with van der Waals surface area (Å²) in [4.78, 5) is 17.7. The molecule has 0 aromatic carbocycles. The van der Waals surface area contributed by atoms with Gasteiger partial charge in [-0.25, -0.2) is 4.98 Å². The number of rotatable bonds is 3. The molecule has 1 amide bonds. The van der Waals surface area contributed by atoms with Crippen LogP contribution < -0.4 is 5.32 Å². The van der Waals surface area contributed by atoms with Crippen molar-refractivity contribution >= 4 is 5.91 Å². The van der Waals surface area contributed by atoms with Gasteiger partial charge in [-0.3, -0.25) is 9.89 Å². The van der Waals surface area contributed by atoms with Crippen LogP contribution in [0, 0.1) is 0 Å². The number of hydrogen-bond donors (Lipinski definition) is 2. The van der Waals surface area contributed by atoms with Gasteiger partial charge >= 0.3 is 0 Å². The highest BCUT2D eigenvalue weighted by Gasteiger charge is 2.23. The van der Waals surface area contributed by atoms with Gasteiger partial charge in [0.05, 0.1) is 12.6 Å². The molecule has 2 heterocycles. The lowest BCUT2D eigenvalue weighted by Crippen LogP contribution is -2.47. The number of H-pyrrole nitrogens is 1. The number of nitrogens with zero attached hydrogens (tertiary/aromatic N) is 3. The van der Waals surface area contributed by atoms with Gasteiger partial charge in [0.25, 0.3) is 0 Å². The van der Waals surface area contributed by atoms with Crippen LogP contribution in [0.3, 0.4) is 0 Å². The molecule has 1 aromatic heterocycles. The summed E-state index contributed by atoms with van der Waals surface area (Å²) in [5, 5.41) is 9.75. The number of likely N-dealkylation sites (N-methyl/N-ethyl adjacent to an activating group) is 1. The summed E-state index contributed by atoms with van der Waals surface area (Å²) in [7, 11) is 1.79. The molecule has 0 spiro atoms. The summed E-state index contributed by atoms with van der Waals surface area (Å²) in [5.41, 5.74) is 0. The van der Waals surface area contributed by atoms with Crippen LogP contribution in [0.2, 0.25) is 0 Å². The molecule has 0 bridgehead atoms. The van der Waals surface area contributed by atoms with E-state index in [-0.39, 0.29) is 11.9 Å². The molecular weight excluding hydrogens is 206 g/mol. The van der Waals surface area contributed by atoms with Crippen molar-refractivity contribution in [2.75, 3.05) is 13.6 Å². The monoisotopic (exact) mass is 223 g/mol. The molecule has 0 radical (unpaired) electrons. The second-order valence-electron chi connectivity index (χ2n) is 4.13. The Morgan fingerprint density at radius 3 is 3.12 bits per heavy atom. The third-order valence-electron chi connectivity index (χ3n) is 2.84. The first-order valence-electron chi connectivity index (χ1n) is 5.60. The first-order chi connectivity index (χ1) is 7.77. The molecule has 6 nitrogen and oxygen atoms in total.